The topological polar surface area (TPSA) is 232 Å². The number of nitrogens with two attached hydrogens (primary N) is 1. The molecular formula is C26H27F2N7O12P2S. The van der Waals surface area contributed by atoms with Gasteiger partial charge in [0.15, 0.2) is 36.3 Å². The number of alkyl halides is 2. The number of nitrogen functional groups attached to an aromatic ring is 1. The van der Waals surface area contributed by atoms with Crippen molar-refractivity contribution >= 4 is 43.9 Å². The minimum atomic E-state index is -4.92. The number of nitrogens with one attached hydrogen (secondary N) is 1. The Morgan fingerprint density at radius 2 is 1.62 bits per heavy atom. The van der Waals surface area contributed by atoms with Gasteiger partial charge in [-0.15, -0.1) is 4.67 Å². The van der Waals surface area contributed by atoms with Crippen molar-refractivity contribution in [1.29, 1.82) is 0 Å². The van der Waals surface area contributed by atoms with Gasteiger partial charge in [-0.05, 0) is 5.56 Å². The summed E-state index contributed by atoms with van der Waals surface area (Å²) < 4.78 is 99.9. The fourth-order valence-corrected chi connectivity index (χ4v) is 8.42. The number of thiol groups is 1. The van der Waals surface area contributed by atoms with Gasteiger partial charge in [0, 0.05) is 6.20 Å². The molecule has 50 heavy (non-hydrogen) atoms. The highest BCUT2D eigenvalue weighted by molar-refractivity contribution is 8.44. The van der Waals surface area contributed by atoms with E-state index >= 15 is 8.78 Å². The molecule has 0 radical (unpaired) electrons. The standard InChI is InChI=1S/C26H27F2N7O12P2S/c1-40-47-48(38)41-8-14-20(17(28)24(43-14)34-7-13(23(36)33-26(34)37)12-5-3-2-4-6-12)46-49(39,50)42-9-15-19(45-48)16(27)25(44-15)35-11-32-18-21(29)30-10-31-22(18)35/h2-7,10-11,14-17,19-20,24-25H,8-9H2,1H3,(H,39,50)(H2,29,30,31)(H,33,36,37)/t14-,15-,16?,17?,19-,20-,24-,25-,48?,49?/m1/s1. The van der Waals surface area contributed by atoms with E-state index in [1.807, 2.05) is 0 Å². The summed E-state index contributed by atoms with van der Waals surface area (Å²) in [7, 11) is -3.95. The van der Waals surface area contributed by atoms with Gasteiger partial charge >= 0.3 is 20.3 Å². The van der Waals surface area contributed by atoms with Crippen LogP contribution in [0.15, 0.2) is 58.8 Å². The number of aromatic nitrogens is 6. The molecular weight excluding hydrogens is 734 g/mol. The SMILES string of the molecule is COOP1(=O)OC[C@H]2O[C@@H](n3cc(-c4ccccc4)c(=O)[nH]c3=O)C(F)[C@@H]2OP(=O)(S)OC[C@H]2O[C@@H](n3cnc4c(N)ncnc43)C(F)[C@@H]2O1. The second kappa shape index (κ2) is 13.6. The maximum absolute atomic E-state index is 16.2. The smallest absolute Gasteiger partial charge is 0.382 e. The number of hydrogen-bond acceptors (Lipinski definition) is 16. The molecule has 0 bridgehead atoms. The van der Waals surface area contributed by atoms with Crippen molar-refractivity contribution < 1.29 is 55.0 Å². The Kier molecular flexibility index (Phi) is 9.54. The van der Waals surface area contributed by atoms with Crippen LogP contribution in [0.25, 0.3) is 22.3 Å². The minimum absolute atomic E-state index is 0.00360. The van der Waals surface area contributed by atoms with Gasteiger partial charge in [0.2, 0.25) is 0 Å². The average molecular weight is 762 g/mol. The number of hydrogen-bond donors (Lipinski definition) is 3. The van der Waals surface area contributed by atoms with Gasteiger partial charge in [0.1, 0.15) is 36.3 Å². The average Bonchev–Trinajstić information content (AvgIpc) is 3.73. The number of rotatable bonds is 5. The van der Waals surface area contributed by atoms with E-state index in [1.54, 1.807) is 30.3 Å². The van der Waals surface area contributed by atoms with Crippen LogP contribution in [0.2, 0.25) is 0 Å². The molecule has 7 rings (SSSR count). The molecule has 0 amide bonds. The summed E-state index contributed by atoms with van der Waals surface area (Å²) in [6.07, 6.45) is -11.1. The molecule has 0 aliphatic carbocycles. The summed E-state index contributed by atoms with van der Waals surface area (Å²) in [5.41, 5.74) is 4.69. The monoisotopic (exact) mass is 761 g/mol. The van der Waals surface area contributed by atoms with Crippen molar-refractivity contribution in [3.63, 3.8) is 0 Å². The Hall–Kier alpha value is -3.40. The van der Waals surface area contributed by atoms with Crippen LogP contribution in [0.5, 0.6) is 0 Å². The number of fused-ring (bicyclic) bond motifs is 3. The Labute approximate surface area is 284 Å². The first kappa shape index (κ1) is 35.0. The number of phosphoric acid groups is 1. The van der Waals surface area contributed by atoms with E-state index < -0.39 is 88.3 Å². The van der Waals surface area contributed by atoms with Crippen LogP contribution in [0, 0.1) is 0 Å². The highest BCUT2D eigenvalue weighted by Gasteiger charge is 2.55. The molecule has 3 fully saturated rings. The normalized spacial score (nSPS) is 34.9. The maximum atomic E-state index is 16.2. The molecule has 10 atom stereocenters. The molecule has 1 aromatic carbocycles. The molecule has 3 saturated heterocycles. The Morgan fingerprint density at radius 3 is 2.32 bits per heavy atom. The number of imidazole rings is 1. The van der Waals surface area contributed by atoms with E-state index in [0.717, 1.165) is 24.2 Å². The fourth-order valence-electron chi connectivity index (χ4n) is 5.74. The van der Waals surface area contributed by atoms with Crippen LogP contribution in [-0.4, -0.2) is 86.2 Å². The lowest BCUT2D eigenvalue weighted by atomic mass is 10.1. The van der Waals surface area contributed by atoms with E-state index in [9.17, 15) is 18.7 Å². The van der Waals surface area contributed by atoms with Crippen molar-refractivity contribution in [2.75, 3.05) is 26.1 Å². The zero-order valence-corrected chi connectivity index (χ0v) is 28.1. The molecule has 3 aliphatic heterocycles. The lowest BCUT2D eigenvalue weighted by Gasteiger charge is -2.28. The number of nitrogens with zero attached hydrogens (tertiary/aromatic N) is 5. The lowest BCUT2D eigenvalue weighted by Crippen LogP contribution is -2.38. The predicted molar refractivity (Wildman–Crippen MR) is 168 cm³/mol. The molecule has 19 nitrogen and oxygen atoms in total. The van der Waals surface area contributed by atoms with E-state index in [4.69, 9.17) is 38.0 Å². The third-order valence-corrected chi connectivity index (χ3v) is 10.9. The summed E-state index contributed by atoms with van der Waals surface area (Å²) in [6, 6.07) is 8.21. The van der Waals surface area contributed by atoms with Gasteiger partial charge in [-0.1, -0.05) is 42.6 Å². The van der Waals surface area contributed by atoms with Crippen molar-refractivity contribution in [3.05, 3.63) is 70.0 Å². The quantitative estimate of drug-likeness (QED) is 0.115. The van der Waals surface area contributed by atoms with Crippen LogP contribution < -0.4 is 17.0 Å². The number of halogens is 2. The number of aromatic amines is 1. The van der Waals surface area contributed by atoms with Gasteiger partial charge in [-0.2, -0.15) is 0 Å². The number of benzene rings is 1. The summed E-state index contributed by atoms with van der Waals surface area (Å²) in [6.45, 7) is -6.19. The van der Waals surface area contributed by atoms with Crippen molar-refractivity contribution in [2.24, 2.45) is 0 Å². The molecule has 4 aromatic rings. The lowest BCUT2D eigenvalue weighted by molar-refractivity contribution is -0.208. The van der Waals surface area contributed by atoms with E-state index in [-0.39, 0.29) is 22.5 Å². The first-order valence-corrected chi connectivity index (χ1v) is 18.8. The summed E-state index contributed by atoms with van der Waals surface area (Å²) in [4.78, 5) is 44.2. The van der Waals surface area contributed by atoms with Gasteiger partial charge in [-0.3, -0.25) is 37.0 Å². The zero-order valence-electron chi connectivity index (χ0n) is 25.5. The largest absolute Gasteiger partial charge is 0.502 e. The maximum Gasteiger partial charge on any atom is 0.502 e. The molecule has 0 saturated carbocycles. The molecule has 268 valence electrons. The van der Waals surface area contributed by atoms with Crippen LogP contribution in [0.4, 0.5) is 14.6 Å². The summed E-state index contributed by atoms with van der Waals surface area (Å²) in [5, 5.41) is 0. The Bertz CT molecular complexity index is 2110. The van der Waals surface area contributed by atoms with Crippen molar-refractivity contribution in [2.45, 2.75) is 49.2 Å². The molecule has 3 aliphatic rings. The van der Waals surface area contributed by atoms with Crippen LogP contribution in [0.1, 0.15) is 12.5 Å². The van der Waals surface area contributed by atoms with Crippen LogP contribution in [-0.2, 0) is 46.3 Å². The number of phosphoric ester groups is 1. The second-order valence-corrected chi connectivity index (χ2v) is 15.5. The number of anilines is 1. The summed E-state index contributed by atoms with van der Waals surface area (Å²) >= 11 is 3.97. The molecule has 4 unspecified atom stereocenters. The first-order valence-electron chi connectivity index (χ1n) is 14.6. The van der Waals surface area contributed by atoms with Crippen molar-refractivity contribution in [1.82, 2.24) is 29.1 Å². The third-order valence-electron chi connectivity index (χ3n) is 7.99. The molecule has 24 heteroatoms. The minimum Gasteiger partial charge on any atom is -0.382 e. The Balaban J connectivity index is 1.19. The van der Waals surface area contributed by atoms with Crippen LogP contribution >= 0.6 is 26.9 Å². The van der Waals surface area contributed by atoms with Gasteiger partial charge in [-0.25, -0.2) is 42.5 Å². The van der Waals surface area contributed by atoms with Gasteiger partial charge in [0.05, 0.1) is 32.2 Å². The number of ether oxygens (including phenoxy) is 2. The van der Waals surface area contributed by atoms with Crippen LogP contribution in [0.3, 0.4) is 0 Å². The highest BCUT2D eigenvalue weighted by Crippen LogP contribution is 2.59. The Morgan fingerprint density at radius 1 is 0.960 bits per heavy atom. The zero-order chi connectivity index (χ0) is 35.4. The predicted octanol–water partition coefficient (Wildman–Crippen LogP) is 2.64. The van der Waals surface area contributed by atoms with Gasteiger partial charge in [0.25, 0.3) is 5.56 Å². The highest BCUT2D eigenvalue weighted by atomic mass is 32.7. The second-order valence-electron chi connectivity index (χ2n) is 11.1. The first-order chi connectivity index (χ1) is 23.9. The van der Waals surface area contributed by atoms with Gasteiger partial charge < -0.3 is 15.2 Å². The molecule has 3 N–H and O–H groups in total. The third kappa shape index (κ3) is 6.57. The molecule has 3 aromatic heterocycles. The van der Waals surface area contributed by atoms with Crippen molar-refractivity contribution in [3.8, 4) is 11.1 Å². The fraction of sp³-hybridized carbons (Fsp3) is 0.423. The van der Waals surface area contributed by atoms with E-state index in [1.165, 1.54) is 10.9 Å². The molecule has 6 heterocycles. The molecule has 0 spiro atoms. The number of H-pyrrole nitrogens is 1. The van der Waals surface area contributed by atoms with E-state index in [2.05, 4.69) is 37.1 Å². The van der Waals surface area contributed by atoms with E-state index in [0.29, 0.717) is 5.56 Å². The summed E-state index contributed by atoms with van der Waals surface area (Å²) in [5.74, 6) is 0.0102.